The molecule has 15 heavy (non-hydrogen) atoms. The van der Waals surface area contributed by atoms with Crippen molar-refractivity contribution in [2.75, 3.05) is 0 Å². The first-order chi connectivity index (χ1) is 7.31. The Balaban J connectivity index is 2.31. The van der Waals surface area contributed by atoms with Gasteiger partial charge >= 0.3 is 0 Å². The third-order valence-electron chi connectivity index (χ3n) is 1.88. The molecular formula is C9H10N4S2. The molecule has 4 nitrogen and oxygen atoms in total. The third kappa shape index (κ3) is 2.21. The summed E-state index contributed by atoms with van der Waals surface area (Å²) >= 11 is 6.71. The summed E-state index contributed by atoms with van der Waals surface area (Å²) in [7, 11) is 0. The van der Waals surface area contributed by atoms with E-state index in [-0.39, 0.29) is 0 Å². The van der Waals surface area contributed by atoms with Crippen LogP contribution in [0.5, 0.6) is 0 Å². The topological polar surface area (TPSA) is 46.0 Å². The minimum atomic E-state index is 0.527. The third-order valence-corrected chi connectivity index (χ3v) is 2.95. The van der Waals surface area contributed by atoms with Crippen LogP contribution in [0, 0.1) is 4.77 Å². The fourth-order valence-corrected chi connectivity index (χ4v) is 1.93. The lowest BCUT2D eigenvalue weighted by atomic mass is 10.5. The highest BCUT2D eigenvalue weighted by Crippen LogP contribution is 2.05. The van der Waals surface area contributed by atoms with E-state index in [9.17, 15) is 0 Å². The SMILES string of the molecule is CCc1n[nH]c(=S)n1/N=C/c1cccs1. The first-order valence-corrected chi connectivity index (χ1v) is 5.84. The van der Waals surface area contributed by atoms with Gasteiger partial charge in [-0.3, -0.25) is 5.10 Å². The van der Waals surface area contributed by atoms with Crippen LogP contribution >= 0.6 is 23.6 Å². The van der Waals surface area contributed by atoms with Gasteiger partial charge in [0, 0.05) is 11.3 Å². The number of thiophene rings is 1. The van der Waals surface area contributed by atoms with Gasteiger partial charge in [0.1, 0.15) is 0 Å². The summed E-state index contributed by atoms with van der Waals surface area (Å²) in [6.07, 6.45) is 2.59. The Morgan fingerprint density at radius 3 is 3.27 bits per heavy atom. The summed E-state index contributed by atoms with van der Waals surface area (Å²) in [5, 5.41) is 13.1. The number of rotatable bonds is 3. The number of aromatic nitrogens is 3. The number of hydrogen-bond donors (Lipinski definition) is 1. The molecule has 0 aliphatic carbocycles. The molecule has 0 spiro atoms. The lowest BCUT2D eigenvalue weighted by Gasteiger charge is -1.94. The van der Waals surface area contributed by atoms with Gasteiger partial charge in [-0.25, -0.2) is 0 Å². The van der Waals surface area contributed by atoms with Gasteiger partial charge in [-0.15, -0.1) is 11.3 Å². The van der Waals surface area contributed by atoms with Gasteiger partial charge < -0.3 is 0 Å². The van der Waals surface area contributed by atoms with Gasteiger partial charge in [-0.05, 0) is 23.7 Å². The number of aryl methyl sites for hydroxylation is 1. The summed E-state index contributed by atoms with van der Waals surface area (Å²) in [5.74, 6) is 0.841. The van der Waals surface area contributed by atoms with Crippen molar-refractivity contribution in [1.29, 1.82) is 0 Å². The molecule has 6 heteroatoms. The van der Waals surface area contributed by atoms with Crippen LogP contribution in [0.4, 0.5) is 0 Å². The van der Waals surface area contributed by atoms with Crippen LogP contribution in [0.2, 0.25) is 0 Å². The highest BCUT2D eigenvalue weighted by molar-refractivity contribution is 7.71. The highest BCUT2D eigenvalue weighted by atomic mass is 32.1. The fraction of sp³-hybridized carbons (Fsp3) is 0.222. The fourth-order valence-electron chi connectivity index (χ4n) is 1.15. The average molecular weight is 238 g/mol. The molecule has 1 N–H and O–H groups in total. The maximum Gasteiger partial charge on any atom is 0.216 e. The van der Waals surface area contributed by atoms with Crippen LogP contribution in [0.25, 0.3) is 0 Å². The van der Waals surface area contributed by atoms with Gasteiger partial charge in [0.2, 0.25) is 4.77 Å². The molecule has 78 valence electrons. The molecule has 0 aromatic carbocycles. The monoisotopic (exact) mass is 238 g/mol. The Labute approximate surface area is 96.3 Å². The lowest BCUT2D eigenvalue weighted by molar-refractivity contribution is 0.780. The van der Waals surface area contributed by atoms with Gasteiger partial charge in [0.05, 0.1) is 6.21 Å². The molecule has 0 saturated carbocycles. The molecule has 0 saturated heterocycles. The van der Waals surface area contributed by atoms with Crippen molar-refractivity contribution < 1.29 is 0 Å². The molecule has 0 atom stereocenters. The van der Waals surface area contributed by atoms with Crippen LogP contribution in [0.3, 0.4) is 0 Å². The quantitative estimate of drug-likeness (QED) is 0.659. The Hall–Kier alpha value is -1.27. The van der Waals surface area contributed by atoms with E-state index in [0.717, 1.165) is 17.1 Å². The smallest absolute Gasteiger partial charge is 0.216 e. The Morgan fingerprint density at radius 1 is 1.73 bits per heavy atom. The van der Waals surface area contributed by atoms with Crippen molar-refractivity contribution in [2.24, 2.45) is 5.10 Å². The molecule has 0 amide bonds. The molecule has 2 aromatic heterocycles. The normalized spacial score (nSPS) is 11.3. The summed E-state index contributed by atoms with van der Waals surface area (Å²) < 4.78 is 2.18. The van der Waals surface area contributed by atoms with E-state index in [2.05, 4.69) is 15.3 Å². The average Bonchev–Trinajstić information content (AvgIpc) is 2.84. The van der Waals surface area contributed by atoms with Crippen LogP contribution < -0.4 is 0 Å². The molecule has 2 heterocycles. The molecule has 0 aliphatic heterocycles. The minimum Gasteiger partial charge on any atom is -0.250 e. The van der Waals surface area contributed by atoms with E-state index in [1.807, 2.05) is 24.4 Å². The van der Waals surface area contributed by atoms with Gasteiger partial charge in [-0.1, -0.05) is 13.0 Å². The predicted molar refractivity (Wildman–Crippen MR) is 64.1 cm³/mol. The van der Waals surface area contributed by atoms with Crippen LogP contribution in [-0.4, -0.2) is 21.1 Å². The number of H-pyrrole nitrogens is 1. The zero-order valence-electron chi connectivity index (χ0n) is 8.17. The number of nitrogens with zero attached hydrogens (tertiary/aromatic N) is 3. The van der Waals surface area contributed by atoms with Crippen LogP contribution in [0.1, 0.15) is 17.6 Å². The van der Waals surface area contributed by atoms with Crippen molar-refractivity contribution in [3.63, 3.8) is 0 Å². The second kappa shape index (κ2) is 4.50. The first-order valence-electron chi connectivity index (χ1n) is 4.55. The highest BCUT2D eigenvalue weighted by Gasteiger charge is 2.00. The summed E-state index contributed by atoms with van der Waals surface area (Å²) in [6, 6.07) is 3.99. The number of hydrogen-bond acceptors (Lipinski definition) is 4. The predicted octanol–water partition coefficient (Wildman–Crippen LogP) is 2.45. The maximum atomic E-state index is 5.07. The van der Waals surface area contributed by atoms with E-state index in [4.69, 9.17) is 12.2 Å². The summed E-state index contributed by atoms with van der Waals surface area (Å²) in [4.78, 5) is 1.10. The standard InChI is InChI=1S/C9H10N4S2/c1-2-8-11-12-9(14)13(8)10-6-7-4-3-5-15-7/h3-6H,2H2,1H3,(H,12,14)/b10-6+. The first kappa shape index (κ1) is 10.3. The van der Waals surface area contributed by atoms with Gasteiger partial charge in [0.25, 0.3) is 0 Å². The van der Waals surface area contributed by atoms with Crippen molar-refractivity contribution >= 4 is 29.8 Å². The van der Waals surface area contributed by atoms with Crippen molar-refractivity contribution in [3.05, 3.63) is 33.0 Å². The van der Waals surface area contributed by atoms with E-state index in [1.54, 1.807) is 22.2 Å². The molecule has 0 aliphatic rings. The molecule has 0 unspecified atom stereocenters. The molecule has 0 bridgehead atoms. The summed E-state index contributed by atoms with van der Waals surface area (Å²) in [6.45, 7) is 2.02. The number of aromatic amines is 1. The molecule has 0 fully saturated rings. The van der Waals surface area contributed by atoms with Gasteiger partial charge in [0.15, 0.2) is 5.82 Å². The van der Waals surface area contributed by atoms with E-state index in [0.29, 0.717) is 4.77 Å². The van der Waals surface area contributed by atoms with E-state index >= 15 is 0 Å². The van der Waals surface area contributed by atoms with Crippen molar-refractivity contribution in [3.8, 4) is 0 Å². The minimum absolute atomic E-state index is 0.527. The van der Waals surface area contributed by atoms with Crippen molar-refractivity contribution in [1.82, 2.24) is 14.9 Å². The van der Waals surface area contributed by atoms with E-state index < -0.39 is 0 Å². The molecule has 2 aromatic rings. The molecular weight excluding hydrogens is 228 g/mol. The van der Waals surface area contributed by atoms with Crippen LogP contribution in [0.15, 0.2) is 22.6 Å². The molecule has 2 rings (SSSR count). The second-order valence-electron chi connectivity index (χ2n) is 2.87. The van der Waals surface area contributed by atoms with Crippen molar-refractivity contribution in [2.45, 2.75) is 13.3 Å². The second-order valence-corrected chi connectivity index (χ2v) is 4.24. The Morgan fingerprint density at radius 2 is 2.60 bits per heavy atom. The van der Waals surface area contributed by atoms with Crippen LogP contribution in [-0.2, 0) is 6.42 Å². The largest absolute Gasteiger partial charge is 0.250 e. The molecule has 0 radical (unpaired) electrons. The Kier molecular flexibility index (Phi) is 3.08. The summed E-state index contributed by atoms with van der Waals surface area (Å²) in [5.41, 5.74) is 0. The zero-order valence-corrected chi connectivity index (χ0v) is 9.81. The van der Waals surface area contributed by atoms with Gasteiger partial charge in [-0.2, -0.15) is 14.9 Å². The Bertz CT molecular complexity index is 506. The zero-order chi connectivity index (χ0) is 10.7. The maximum absolute atomic E-state index is 5.07. The number of nitrogens with one attached hydrogen (secondary N) is 1. The lowest BCUT2D eigenvalue weighted by Crippen LogP contribution is -1.96. The van der Waals surface area contributed by atoms with E-state index in [1.165, 1.54) is 0 Å².